The standard InChI is InChI=1S/C41H69O11P/c1-4-5-22-28-37(43)29-24-19-15-11-9-7-6-8-10-12-16-20-25-30-40(45)49-34-39(35-51-53(47,48)50-33-38(44)32-42)52-41(46)31-26-21-17-13-14-18-23-27-36(2)3/h5,7-10,15-16,19-20,22,24,29,36-39,42-44H,4,6,11-14,17-18,21,23,25-28,30-35H2,1-3H3,(H,47,48)/b9-7-,10-8-,19-15+,20-16-,22-5-,29-24+/t37?,38-,39+/m0/s1. The van der Waals surface area contributed by atoms with E-state index in [9.17, 15) is 29.3 Å². The number of phosphoric acid groups is 1. The van der Waals surface area contributed by atoms with Gasteiger partial charge >= 0.3 is 19.8 Å². The first-order chi connectivity index (χ1) is 25.5. The van der Waals surface area contributed by atoms with Crippen LogP contribution in [0.3, 0.4) is 0 Å². The fraction of sp³-hybridized carbons (Fsp3) is 0.659. The van der Waals surface area contributed by atoms with Crippen LogP contribution in [0.15, 0.2) is 72.9 Å². The van der Waals surface area contributed by atoms with Gasteiger partial charge in [0.2, 0.25) is 0 Å². The van der Waals surface area contributed by atoms with Crippen LogP contribution in [0.2, 0.25) is 0 Å². The molecular weight excluding hydrogens is 699 g/mol. The van der Waals surface area contributed by atoms with E-state index in [-0.39, 0.29) is 19.4 Å². The maximum Gasteiger partial charge on any atom is 0.472 e. The van der Waals surface area contributed by atoms with Gasteiger partial charge in [-0.2, -0.15) is 0 Å². The van der Waals surface area contributed by atoms with Gasteiger partial charge < -0.3 is 29.7 Å². The third kappa shape index (κ3) is 36.1. The Kier molecular flexibility index (Phi) is 33.4. The zero-order chi connectivity index (χ0) is 39.4. The Morgan fingerprint density at radius 3 is 1.94 bits per heavy atom. The highest BCUT2D eigenvalue weighted by Gasteiger charge is 2.27. The van der Waals surface area contributed by atoms with Crippen LogP contribution in [0.4, 0.5) is 0 Å². The van der Waals surface area contributed by atoms with Crippen LogP contribution in [0.5, 0.6) is 0 Å². The molecule has 0 radical (unpaired) electrons. The van der Waals surface area contributed by atoms with Crippen LogP contribution in [-0.2, 0) is 32.7 Å². The number of hydrogen-bond donors (Lipinski definition) is 4. The van der Waals surface area contributed by atoms with Crippen LogP contribution in [0, 0.1) is 5.92 Å². The quantitative estimate of drug-likeness (QED) is 0.0163. The lowest BCUT2D eigenvalue weighted by Gasteiger charge is -2.20. The molecule has 0 fully saturated rings. The molecule has 4 N–H and O–H groups in total. The first-order valence-electron chi connectivity index (χ1n) is 19.4. The van der Waals surface area contributed by atoms with E-state index >= 15 is 0 Å². The molecule has 12 heteroatoms. The van der Waals surface area contributed by atoms with E-state index in [1.54, 1.807) is 6.08 Å². The van der Waals surface area contributed by atoms with E-state index in [4.69, 9.17) is 19.1 Å². The molecule has 0 aliphatic rings. The van der Waals surface area contributed by atoms with Crippen LogP contribution in [-0.4, -0.2) is 76.9 Å². The third-order valence-electron chi connectivity index (χ3n) is 7.65. The van der Waals surface area contributed by atoms with Crippen molar-refractivity contribution in [1.82, 2.24) is 0 Å². The lowest BCUT2D eigenvalue weighted by molar-refractivity contribution is -0.161. The maximum absolute atomic E-state index is 12.5. The maximum atomic E-state index is 12.5. The second kappa shape index (κ2) is 35.1. The largest absolute Gasteiger partial charge is 0.472 e. The molecule has 0 saturated carbocycles. The summed E-state index contributed by atoms with van der Waals surface area (Å²) in [5.74, 6) is -0.331. The second-order valence-corrected chi connectivity index (χ2v) is 14.7. The predicted molar refractivity (Wildman–Crippen MR) is 211 cm³/mol. The van der Waals surface area contributed by atoms with Crippen molar-refractivity contribution in [2.45, 2.75) is 142 Å². The summed E-state index contributed by atoms with van der Waals surface area (Å²) in [6.07, 6.45) is 33.9. The fourth-order valence-corrected chi connectivity index (χ4v) is 5.43. The molecular formula is C41H69O11P. The average Bonchev–Trinajstić information content (AvgIpc) is 3.12. The van der Waals surface area contributed by atoms with E-state index in [0.717, 1.165) is 50.9 Å². The summed E-state index contributed by atoms with van der Waals surface area (Å²) in [4.78, 5) is 34.8. The summed E-state index contributed by atoms with van der Waals surface area (Å²) in [5.41, 5.74) is 0. The van der Waals surface area contributed by atoms with Gasteiger partial charge in [-0.05, 0) is 50.9 Å². The van der Waals surface area contributed by atoms with Crippen LogP contribution < -0.4 is 0 Å². The minimum atomic E-state index is -4.64. The van der Waals surface area contributed by atoms with Gasteiger partial charge in [0.1, 0.15) is 12.7 Å². The van der Waals surface area contributed by atoms with Gasteiger partial charge in [-0.15, -0.1) is 0 Å². The van der Waals surface area contributed by atoms with E-state index in [0.29, 0.717) is 19.3 Å². The Morgan fingerprint density at radius 2 is 1.30 bits per heavy atom. The zero-order valence-corrected chi connectivity index (χ0v) is 33.4. The topological polar surface area (TPSA) is 169 Å². The molecule has 0 aliphatic carbocycles. The second-order valence-electron chi connectivity index (χ2n) is 13.3. The van der Waals surface area contributed by atoms with E-state index in [2.05, 4.69) is 43.5 Å². The van der Waals surface area contributed by atoms with Gasteiger partial charge in [-0.1, -0.05) is 139 Å². The summed E-state index contributed by atoms with van der Waals surface area (Å²) < 4.78 is 32.4. The van der Waals surface area contributed by atoms with Crippen LogP contribution in [0.25, 0.3) is 0 Å². The van der Waals surface area contributed by atoms with Gasteiger partial charge in [0.25, 0.3) is 0 Å². The van der Waals surface area contributed by atoms with Crippen LogP contribution >= 0.6 is 7.82 Å². The molecule has 0 saturated heterocycles. The molecule has 0 bridgehead atoms. The smallest absolute Gasteiger partial charge is 0.462 e. The lowest BCUT2D eigenvalue weighted by Crippen LogP contribution is -2.29. The molecule has 0 aromatic rings. The SMILES string of the molecule is CC/C=C\CC(O)/C=C/C=C/C/C=C\C/C=C\C/C=C\CCC(=O)OC[C@H](COP(=O)(O)OC[C@@H](O)CO)OC(=O)CCCCCCCCCC(C)C. The van der Waals surface area contributed by atoms with Gasteiger partial charge in [0, 0.05) is 12.8 Å². The number of unbranched alkanes of at least 4 members (excludes halogenated alkanes) is 6. The monoisotopic (exact) mass is 768 g/mol. The fourth-order valence-electron chi connectivity index (χ4n) is 4.64. The number of esters is 2. The molecule has 0 heterocycles. The number of carbonyl (C=O) groups is 2. The summed E-state index contributed by atoms with van der Waals surface area (Å²) in [7, 11) is -4.64. The highest BCUT2D eigenvalue weighted by molar-refractivity contribution is 7.47. The number of phosphoric ester groups is 1. The highest BCUT2D eigenvalue weighted by atomic mass is 31.2. The molecule has 53 heavy (non-hydrogen) atoms. The average molecular weight is 769 g/mol. The molecule has 11 nitrogen and oxygen atoms in total. The van der Waals surface area contributed by atoms with Gasteiger partial charge in [-0.3, -0.25) is 18.6 Å². The van der Waals surface area contributed by atoms with E-state index < -0.39 is 57.9 Å². The highest BCUT2D eigenvalue weighted by Crippen LogP contribution is 2.43. The number of rotatable bonds is 34. The van der Waals surface area contributed by atoms with E-state index in [1.807, 2.05) is 48.6 Å². The summed E-state index contributed by atoms with van der Waals surface area (Å²) in [6, 6.07) is 0. The zero-order valence-electron chi connectivity index (χ0n) is 32.5. The van der Waals surface area contributed by atoms with Crippen molar-refractivity contribution in [1.29, 1.82) is 0 Å². The van der Waals surface area contributed by atoms with Crippen molar-refractivity contribution < 1.29 is 52.9 Å². The molecule has 0 spiro atoms. The molecule has 0 amide bonds. The normalized spacial score (nSPS) is 15.5. The Balaban J connectivity index is 4.51. The molecule has 4 atom stereocenters. The van der Waals surface area contributed by atoms with Gasteiger partial charge in [0.15, 0.2) is 6.10 Å². The molecule has 0 aliphatic heterocycles. The number of hydrogen-bond acceptors (Lipinski definition) is 10. The minimum absolute atomic E-state index is 0.0974. The number of ether oxygens (including phenoxy) is 2. The number of aliphatic hydroxyl groups is 3. The number of allylic oxidation sites excluding steroid dienone is 10. The Labute approximate surface area is 319 Å². The van der Waals surface area contributed by atoms with Crippen molar-refractivity contribution in [2.24, 2.45) is 5.92 Å². The summed E-state index contributed by atoms with van der Waals surface area (Å²) in [5, 5.41) is 28.1. The first kappa shape index (κ1) is 50.4. The minimum Gasteiger partial charge on any atom is -0.462 e. The van der Waals surface area contributed by atoms with Crippen molar-refractivity contribution in [3.8, 4) is 0 Å². The summed E-state index contributed by atoms with van der Waals surface area (Å²) >= 11 is 0. The third-order valence-corrected chi connectivity index (χ3v) is 8.60. The Morgan fingerprint density at radius 1 is 0.698 bits per heavy atom. The molecule has 0 aromatic heterocycles. The predicted octanol–water partition coefficient (Wildman–Crippen LogP) is 8.54. The lowest BCUT2D eigenvalue weighted by atomic mass is 10.0. The molecule has 0 rings (SSSR count). The Hall–Kier alpha value is -2.63. The first-order valence-corrected chi connectivity index (χ1v) is 20.9. The number of aliphatic hydroxyl groups excluding tert-OH is 3. The van der Waals surface area contributed by atoms with Crippen molar-refractivity contribution in [3.63, 3.8) is 0 Å². The van der Waals surface area contributed by atoms with Crippen molar-refractivity contribution in [2.75, 3.05) is 26.4 Å². The van der Waals surface area contributed by atoms with Gasteiger partial charge in [0.05, 0.1) is 25.9 Å². The molecule has 0 aromatic carbocycles. The van der Waals surface area contributed by atoms with E-state index in [1.165, 1.54) is 25.7 Å². The van der Waals surface area contributed by atoms with Crippen molar-refractivity contribution in [3.05, 3.63) is 72.9 Å². The Bertz CT molecular complexity index is 1140. The van der Waals surface area contributed by atoms with Crippen molar-refractivity contribution >= 4 is 19.8 Å². The van der Waals surface area contributed by atoms with Crippen LogP contribution in [0.1, 0.15) is 124 Å². The number of carbonyl (C=O) groups excluding carboxylic acids is 2. The van der Waals surface area contributed by atoms with Gasteiger partial charge in [-0.25, -0.2) is 4.57 Å². The summed E-state index contributed by atoms with van der Waals surface area (Å²) in [6.45, 7) is 4.28. The molecule has 2 unspecified atom stereocenters. The molecule has 304 valence electrons.